The van der Waals surface area contributed by atoms with E-state index in [1.54, 1.807) is 0 Å². The number of hydrogen-bond acceptors (Lipinski definition) is 3. The molecule has 1 saturated heterocycles. The Bertz CT molecular complexity index is 272. The number of hydrogen-bond donors (Lipinski definition) is 1. The molecule has 2 aliphatic rings. The van der Waals surface area contributed by atoms with E-state index in [0.29, 0.717) is 5.33 Å². The Morgan fingerprint density at radius 1 is 1.33 bits per heavy atom. The molecule has 84 valence electrons. The maximum absolute atomic E-state index is 11.8. The minimum Gasteiger partial charge on any atom is -0.390 e. The van der Waals surface area contributed by atoms with E-state index < -0.39 is 6.10 Å². The minimum absolute atomic E-state index is 0.0810. The standard InChI is InChI=1S/C10H14BrNO3/c11-4-6(13)5-12-9(14)7-2-1-3-8(7)10(12)15/h6-8,13H,1-5H2. The molecular weight excluding hydrogens is 262 g/mol. The third kappa shape index (κ3) is 1.83. The first-order valence-corrected chi connectivity index (χ1v) is 6.36. The van der Waals surface area contributed by atoms with Crippen LogP contribution >= 0.6 is 15.9 Å². The van der Waals surface area contributed by atoms with Crippen LogP contribution in [0.2, 0.25) is 0 Å². The highest BCUT2D eigenvalue weighted by molar-refractivity contribution is 9.09. The van der Waals surface area contributed by atoms with Gasteiger partial charge in [-0.15, -0.1) is 0 Å². The highest BCUT2D eigenvalue weighted by atomic mass is 79.9. The maximum Gasteiger partial charge on any atom is 0.233 e. The van der Waals surface area contributed by atoms with Crippen molar-refractivity contribution in [2.24, 2.45) is 11.8 Å². The Hall–Kier alpha value is -0.420. The van der Waals surface area contributed by atoms with Crippen molar-refractivity contribution < 1.29 is 14.7 Å². The number of carbonyl (C=O) groups excluding carboxylic acids is 2. The Labute approximate surface area is 96.8 Å². The second-order valence-corrected chi connectivity index (χ2v) is 4.89. The minimum atomic E-state index is -0.656. The number of halogens is 1. The van der Waals surface area contributed by atoms with Crippen molar-refractivity contribution in [2.75, 3.05) is 11.9 Å². The van der Waals surface area contributed by atoms with Crippen LogP contribution < -0.4 is 0 Å². The van der Waals surface area contributed by atoms with Crippen LogP contribution in [0.5, 0.6) is 0 Å². The normalized spacial score (nSPS) is 32.3. The molecule has 0 radical (unpaired) electrons. The van der Waals surface area contributed by atoms with E-state index in [2.05, 4.69) is 15.9 Å². The lowest BCUT2D eigenvalue weighted by Gasteiger charge is -2.18. The summed E-state index contributed by atoms with van der Waals surface area (Å²) < 4.78 is 0. The SMILES string of the molecule is O=C1C2CCCC2C(=O)N1CC(O)CBr. The molecule has 0 bridgehead atoms. The molecule has 0 aromatic carbocycles. The van der Waals surface area contributed by atoms with Gasteiger partial charge in [-0.25, -0.2) is 0 Å². The van der Waals surface area contributed by atoms with E-state index in [9.17, 15) is 14.7 Å². The predicted molar refractivity (Wildman–Crippen MR) is 57.4 cm³/mol. The highest BCUT2D eigenvalue weighted by Crippen LogP contribution is 2.39. The summed E-state index contributed by atoms with van der Waals surface area (Å²) in [5.41, 5.74) is 0. The van der Waals surface area contributed by atoms with Crippen LogP contribution in [0, 0.1) is 11.8 Å². The summed E-state index contributed by atoms with van der Waals surface area (Å²) in [5.74, 6) is -0.356. The van der Waals surface area contributed by atoms with Crippen LogP contribution in [0.3, 0.4) is 0 Å². The van der Waals surface area contributed by atoms with Gasteiger partial charge in [-0.3, -0.25) is 14.5 Å². The average Bonchev–Trinajstić information content (AvgIpc) is 2.78. The van der Waals surface area contributed by atoms with E-state index in [-0.39, 0.29) is 30.2 Å². The van der Waals surface area contributed by atoms with Crippen molar-refractivity contribution in [3.05, 3.63) is 0 Å². The third-order valence-electron chi connectivity index (χ3n) is 3.25. The van der Waals surface area contributed by atoms with Crippen LogP contribution in [0.1, 0.15) is 19.3 Å². The van der Waals surface area contributed by atoms with Crippen LogP contribution in [0.25, 0.3) is 0 Å². The number of aliphatic hydroxyl groups excluding tert-OH is 1. The van der Waals surface area contributed by atoms with Crippen LogP contribution in [0.15, 0.2) is 0 Å². The molecule has 0 aromatic heterocycles. The lowest BCUT2D eigenvalue weighted by atomic mass is 10.00. The molecule has 1 aliphatic carbocycles. The number of carbonyl (C=O) groups is 2. The van der Waals surface area contributed by atoms with Gasteiger partial charge in [0.2, 0.25) is 11.8 Å². The first-order chi connectivity index (χ1) is 7.15. The van der Waals surface area contributed by atoms with Gasteiger partial charge in [-0.1, -0.05) is 22.4 Å². The summed E-state index contributed by atoms with van der Waals surface area (Å²) in [6, 6.07) is 0. The van der Waals surface area contributed by atoms with E-state index in [1.807, 2.05) is 0 Å². The molecule has 3 atom stereocenters. The van der Waals surface area contributed by atoms with Crippen molar-refractivity contribution in [2.45, 2.75) is 25.4 Å². The van der Waals surface area contributed by atoms with Gasteiger partial charge in [0.05, 0.1) is 24.5 Å². The number of amides is 2. The average molecular weight is 276 g/mol. The zero-order valence-corrected chi connectivity index (χ0v) is 9.94. The van der Waals surface area contributed by atoms with E-state index in [1.165, 1.54) is 4.90 Å². The molecule has 2 rings (SSSR count). The van der Waals surface area contributed by atoms with E-state index in [0.717, 1.165) is 19.3 Å². The smallest absolute Gasteiger partial charge is 0.233 e. The van der Waals surface area contributed by atoms with E-state index in [4.69, 9.17) is 0 Å². The van der Waals surface area contributed by atoms with Crippen molar-refractivity contribution in [3.63, 3.8) is 0 Å². The number of fused-ring (bicyclic) bond motifs is 1. The Morgan fingerprint density at radius 2 is 1.87 bits per heavy atom. The van der Waals surface area contributed by atoms with Gasteiger partial charge in [0.15, 0.2) is 0 Å². The van der Waals surface area contributed by atoms with E-state index >= 15 is 0 Å². The lowest BCUT2D eigenvalue weighted by Crippen LogP contribution is -2.38. The summed E-state index contributed by atoms with van der Waals surface area (Å²) in [6.07, 6.45) is 1.98. The summed E-state index contributed by atoms with van der Waals surface area (Å²) in [5, 5.41) is 9.81. The lowest BCUT2D eigenvalue weighted by molar-refractivity contribution is -0.141. The molecule has 1 saturated carbocycles. The highest BCUT2D eigenvalue weighted by Gasteiger charge is 2.49. The second kappa shape index (κ2) is 4.22. The van der Waals surface area contributed by atoms with Gasteiger partial charge in [-0.05, 0) is 12.8 Å². The number of likely N-dealkylation sites (tertiary alicyclic amines) is 1. The van der Waals surface area contributed by atoms with Crippen molar-refractivity contribution in [1.29, 1.82) is 0 Å². The Balaban J connectivity index is 2.08. The fourth-order valence-corrected chi connectivity index (χ4v) is 2.70. The fourth-order valence-electron chi connectivity index (χ4n) is 2.50. The van der Waals surface area contributed by atoms with Crippen LogP contribution in [-0.4, -0.2) is 39.8 Å². The molecular formula is C10H14BrNO3. The fraction of sp³-hybridized carbons (Fsp3) is 0.800. The van der Waals surface area contributed by atoms with Crippen molar-refractivity contribution in [3.8, 4) is 0 Å². The zero-order chi connectivity index (χ0) is 11.0. The molecule has 5 heteroatoms. The van der Waals surface area contributed by atoms with Gasteiger partial charge >= 0.3 is 0 Å². The quantitative estimate of drug-likeness (QED) is 0.604. The molecule has 0 aromatic rings. The first-order valence-electron chi connectivity index (χ1n) is 5.24. The summed E-state index contributed by atoms with van der Waals surface area (Å²) in [4.78, 5) is 24.9. The first kappa shape index (κ1) is 11.1. The van der Waals surface area contributed by atoms with Gasteiger partial charge in [0.1, 0.15) is 0 Å². The molecule has 1 heterocycles. The Kier molecular flexibility index (Phi) is 3.11. The summed E-state index contributed by atoms with van der Waals surface area (Å²) >= 11 is 3.12. The predicted octanol–water partition coefficient (Wildman–Crippen LogP) is 0.527. The zero-order valence-electron chi connectivity index (χ0n) is 8.36. The van der Waals surface area contributed by atoms with Gasteiger partial charge in [0, 0.05) is 5.33 Å². The number of aliphatic hydroxyl groups is 1. The second-order valence-electron chi connectivity index (χ2n) is 4.24. The third-order valence-corrected chi connectivity index (χ3v) is 4.00. The van der Waals surface area contributed by atoms with Crippen molar-refractivity contribution >= 4 is 27.7 Å². The summed E-state index contributed by atoms with van der Waals surface area (Å²) in [6.45, 7) is 0.135. The number of rotatable bonds is 3. The van der Waals surface area contributed by atoms with Gasteiger partial charge < -0.3 is 5.11 Å². The molecule has 0 spiro atoms. The van der Waals surface area contributed by atoms with Gasteiger partial charge in [0.25, 0.3) is 0 Å². The molecule has 2 fully saturated rings. The maximum atomic E-state index is 11.8. The molecule has 1 N–H and O–H groups in total. The Morgan fingerprint density at radius 3 is 2.33 bits per heavy atom. The molecule has 2 amide bonds. The topological polar surface area (TPSA) is 57.6 Å². The largest absolute Gasteiger partial charge is 0.390 e. The van der Waals surface area contributed by atoms with Crippen LogP contribution in [-0.2, 0) is 9.59 Å². The number of alkyl halides is 1. The summed E-state index contributed by atoms with van der Waals surface area (Å²) in [7, 11) is 0. The molecule has 1 aliphatic heterocycles. The number of β-amino-alcohol motifs (C(OH)–C–C–N with tert-alkyl or cyclic N) is 1. The van der Waals surface area contributed by atoms with Crippen molar-refractivity contribution in [1.82, 2.24) is 4.90 Å². The molecule has 15 heavy (non-hydrogen) atoms. The monoisotopic (exact) mass is 275 g/mol. The number of imide groups is 1. The molecule has 4 nitrogen and oxygen atoms in total. The number of nitrogens with zero attached hydrogens (tertiary/aromatic N) is 1. The van der Waals surface area contributed by atoms with Crippen LogP contribution in [0.4, 0.5) is 0 Å². The molecule has 3 unspecified atom stereocenters. The van der Waals surface area contributed by atoms with Gasteiger partial charge in [-0.2, -0.15) is 0 Å².